The fourth-order valence-corrected chi connectivity index (χ4v) is 4.19. The summed E-state index contributed by atoms with van der Waals surface area (Å²) in [5, 5.41) is 0. The molecule has 4 rings (SSSR count). The lowest BCUT2D eigenvalue weighted by Gasteiger charge is -2.45. The number of benzene rings is 1. The number of rotatable bonds is 8. The smallest absolute Gasteiger partial charge is 0.283 e. The summed E-state index contributed by atoms with van der Waals surface area (Å²) in [6, 6.07) is 3.83. The number of Topliss-reactive ketones (excluding diaryl/α,β-unsaturated/α-hetero) is 1. The molecule has 33 heavy (non-hydrogen) atoms. The third-order valence-electron chi connectivity index (χ3n) is 5.79. The minimum absolute atomic E-state index is 0.0110. The van der Waals surface area contributed by atoms with Crippen LogP contribution >= 0.6 is 0 Å². The summed E-state index contributed by atoms with van der Waals surface area (Å²) in [6.07, 6.45) is 2.34. The van der Waals surface area contributed by atoms with E-state index in [0.717, 1.165) is 0 Å². The van der Waals surface area contributed by atoms with Gasteiger partial charge >= 0.3 is 0 Å². The number of amidine groups is 1. The SMILES string of the molecule is NC1=N[C@](CF)(c2cc(CC(=O)c3cnc(OCCF)cn3)ccc2F)[C@H]2COCC[C@H]2O1. The molecule has 2 aromatic rings. The number of ether oxygens (including phenoxy) is 3. The minimum atomic E-state index is -1.62. The molecule has 2 N–H and O–H groups in total. The first-order valence-corrected chi connectivity index (χ1v) is 10.5. The summed E-state index contributed by atoms with van der Waals surface area (Å²) in [5.41, 5.74) is 4.68. The van der Waals surface area contributed by atoms with Crippen molar-refractivity contribution >= 4 is 11.8 Å². The highest BCUT2D eigenvalue weighted by Gasteiger charge is 2.51. The Labute approximate surface area is 188 Å². The summed E-state index contributed by atoms with van der Waals surface area (Å²) < 4.78 is 57.8. The Bertz CT molecular complexity index is 1040. The highest BCUT2D eigenvalue weighted by Crippen LogP contribution is 2.44. The zero-order valence-electron chi connectivity index (χ0n) is 17.7. The van der Waals surface area contributed by atoms with Crippen molar-refractivity contribution in [1.82, 2.24) is 9.97 Å². The van der Waals surface area contributed by atoms with E-state index in [1.807, 2.05) is 0 Å². The Hall–Kier alpha value is -3.21. The number of halogens is 3. The van der Waals surface area contributed by atoms with Gasteiger partial charge in [0, 0.05) is 18.4 Å². The Morgan fingerprint density at radius 1 is 1.27 bits per heavy atom. The maximum absolute atomic E-state index is 15.0. The maximum atomic E-state index is 15.0. The van der Waals surface area contributed by atoms with Gasteiger partial charge in [-0.1, -0.05) is 6.07 Å². The van der Waals surface area contributed by atoms with Gasteiger partial charge < -0.3 is 19.9 Å². The number of aliphatic imine (C=N–C) groups is 1. The van der Waals surface area contributed by atoms with E-state index >= 15 is 0 Å². The lowest BCUT2D eigenvalue weighted by atomic mass is 9.74. The van der Waals surface area contributed by atoms with Gasteiger partial charge in [-0.3, -0.25) is 4.79 Å². The van der Waals surface area contributed by atoms with Crippen molar-refractivity contribution in [3.63, 3.8) is 0 Å². The summed E-state index contributed by atoms with van der Waals surface area (Å²) in [4.78, 5) is 24.8. The first-order chi connectivity index (χ1) is 16.0. The van der Waals surface area contributed by atoms with Crippen molar-refractivity contribution in [2.75, 3.05) is 33.2 Å². The van der Waals surface area contributed by atoms with Crippen molar-refractivity contribution in [3.8, 4) is 5.88 Å². The molecule has 0 radical (unpaired) electrons. The molecule has 3 heterocycles. The molecule has 0 amide bonds. The van der Waals surface area contributed by atoms with Crippen molar-refractivity contribution in [2.45, 2.75) is 24.5 Å². The molecule has 11 heteroatoms. The van der Waals surface area contributed by atoms with Gasteiger partial charge in [0.15, 0.2) is 5.78 Å². The van der Waals surface area contributed by atoms with Crippen molar-refractivity contribution in [1.29, 1.82) is 0 Å². The number of alkyl halides is 2. The topological polar surface area (TPSA) is 109 Å². The Morgan fingerprint density at radius 2 is 2.12 bits per heavy atom. The van der Waals surface area contributed by atoms with E-state index in [0.29, 0.717) is 18.6 Å². The Balaban J connectivity index is 1.61. The van der Waals surface area contributed by atoms with Gasteiger partial charge in [-0.25, -0.2) is 28.1 Å². The average molecular weight is 464 g/mol. The molecule has 0 aliphatic carbocycles. The van der Waals surface area contributed by atoms with Crippen molar-refractivity contribution < 1.29 is 32.2 Å². The third kappa shape index (κ3) is 4.63. The second kappa shape index (κ2) is 9.74. The van der Waals surface area contributed by atoms with E-state index in [1.165, 1.54) is 30.6 Å². The minimum Gasteiger partial charge on any atom is -0.474 e. The predicted molar refractivity (Wildman–Crippen MR) is 111 cm³/mol. The number of hydrogen-bond acceptors (Lipinski definition) is 8. The molecule has 1 aromatic carbocycles. The second-order valence-electron chi connectivity index (χ2n) is 7.83. The van der Waals surface area contributed by atoms with E-state index in [9.17, 15) is 18.0 Å². The van der Waals surface area contributed by atoms with E-state index in [2.05, 4.69) is 15.0 Å². The van der Waals surface area contributed by atoms with Crippen LogP contribution in [-0.4, -0.2) is 61.0 Å². The van der Waals surface area contributed by atoms with E-state index in [4.69, 9.17) is 19.9 Å². The first-order valence-electron chi connectivity index (χ1n) is 10.5. The number of ketones is 1. The Morgan fingerprint density at radius 3 is 2.85 bits per heavy atom. The van der Waals surface area contributed by atoms with Crippen LogP contribution in [0.25, 0.3) is 0 Å². The van der Waals surface area contributed by atoms with Gasteiger partial charge in [0.25, 0.3) is 6.02 Å². The molecule has 2 aliphatic rings. The molecule has 0 unspecified atom stereocenters. The maximum Gasteiger partial charge on any atom is 0.283 e. The van der Waals surface area contributed by atoms with Crippen molar-refractivity contribution in [3.05, 3.63) is 53.2 Å². The number of carbonyl (C=O) groups excluding carboxylic acids is 1. The number of hydrogen-bond donors (Lipinski definition) is 1. The van der Waals surface area contributed by atoms with E-state index < -0.39 is 36.7 Å². The fraction of sp³-hybridized carbons (Fsp3) is 0.455. The molecule has 0 spiro atoms. The molecular formula is C22H23F3N4O4. The van der Waals surface area contributed by atoms with Gasteiger partial charge in [0.05, 0.1) is 31.5 Å². The second-order valence-corrected chi connectivity index (χ2v) is 7.83. The highest BCUT2D eigenvalue weighted by molar-refractivity contribution is 5.95. The zero-order chi connectivity index (χ0) is 23.4. The summed E-state index contributed by atoms with van der Waals surface area (Å²) >= 11 is 0. The summed E-state index contributed by atoms with van der Waals surface area (Å²) in [7, 11) is 0. The van der Waals surface area contributed by atoms with Gasteiger partial charge in [-0.05, 0) is 17.7 Å². The normalized spacial score (nSPS) is 24.4. The molecular weight excluding hydrogens is 441 g/mol. The van der Waals surface area contributed by atoms with Gasteiger partial charge in [0.2, 0.25) is 5.88 Å². The number of nitrogens with zero attached hydrogens (tertiary/aromatic N) is 3. The van der Waals surface area contributed by atoms with Crippen LogP contribution in [0.1, 0.15) is 28.0 Å². The quantitative estimate of drug-likeness (QED) is 0.597. The van der Waals surface area contributed by atoms with Crippen LogP contribution in [0.3, 0.4) is 0 Å². The van der Waals surface area contributed by atoms with Gasteiger partial charge in [-0.15, -0.1) is 0 Å². The van der Waals surface area contributed by atoms with Crippen LogP contribution in [0.4, 0.5) is 13.2 Å². The summed E-state index contributed by atoms with van der Waals surface area (Å²) in [6.45, 7) is -1.29. The van der Waals surface area contributed by atoms with E-state index in [-0.39, 0.29) is 48.6 Å². The number of aromatic nitrogens is 2. The average Bonchev–Trinajstić information content (AvgIpc) is 2.83. The molecule has 1 aromatic heterocycles. The monoisotopic (exact) mass is 464 g/mol. The van der Waals surface area contributed by atoms with Crippen LogP contribution in [0.5, 0.6) is 5.88 Å². The number of nitrogens with two attached hydrogens (primary N) is 1. The van der Waals surface area contributed by atoms with Crippen LogP contribution in [0, 0.1) is 11.7 Å². The summed E-state index contributed by atoms with van der Waals surface area (Å²) in [5.74, 6) is -1.54. The molecule has 0 saturated carbocycles. The van der Waals surface area contributed by atoms with Crippen LogP contribution in [0.2, 0.25) is 0 Å². The standard InChI is InChI=1S/C22H23F3N4O4/c23-4-6-32-20-10-27-17(9-28-20)18(30)8-13-1-2-16(25)14(7-13)22(12-24)15-11-31-5-3-19(15)33-21(26)29-22/h1-2,7,9-10,15,19H,3-6,8,11-12H2,(H2,26,29)/t15-,19+,22+/m0/s1. The van der Waals surface area contributed by atoms with Crippen LogP contribution in [-0.2, 0) is 21.4 Å². The molecule has 8 nitrogen and oxygen atoms in total. The molecule has 1 saturated heterocycles. The number of fused-ring (bicyclic) bond motifs is 1. The zero-order valence-corrected chi connectivity index (χ0v) is 17.7. The predicted octanol–water partition coefficient (Wildman–Crippen LogP) is 2.30. The van der Waals surface area contributed by atoms with Gasteiger partial charge in [-0.2, -0.15) is 0 Å². The van der Waals surface area contributed by atoms with Crippen LogP contribution in [0.15, 0.2) is 35.6 Å². The van der Waals surface area contributed by atoms with Crippen LogP contribution < -0.4 is 10.5 Å². The molecule has 1 fully saturated rings. The fourth-order valence-electron chi connectivity index (χ4n) is 4.19. The molecule has 2 aliphatic heterocycles. The lowest BCUT2D eigenvalue weighted by Crippen LogP contribution is -2.54. The number of carbonyl (C=O) groups is 1. The largest absolute Gasteiger partial charge is 0.474 e. The highest BCUT2D eigenvalue weighted by atomic mass is 19.1. The lowest BCUT2D eigenvalue weighted by molar-refractivity contribution is -0.0785. The molecule has 3 atom stereocenters. The first kappa shape index (κ1) is 23.0. The van der Waals surface area contributed by atoms with Gasteiger partial charge in [0.1, 0.15) is 43.1 Å². The molecule has 176 valence electrons. The van der Waals surface area contributed by atoms with E-state index in [1.54, 1.807) is 0 Å². The van der Waals surface area contributed by atoms with Crippen molar-refractivity contribution in [2.24, 2.45) is 16.6 Å². The third-order valence-corrected chi connectivity index (χ3v) is 5.79. The molecule has 0 bridgehead atoms. The Kier molecular flexibility index (Phi) is 6.77.